The molecule has 0 bridgehead atoms. The van der Waals surface area contributed by atoms with E-state index in [1.807, 2.05) is 0 Å². The molecule has 2 aromatic rings. The maximum atomic E-state index is 12.1. The Balaban J connectivity index is 1.80. The highest BCUT2D eigenvalue weighted by Gasteiger charge is 2.17. The van der Waals surface area contributed by atoms with Crippen LogP contribution in [0.15, 0.2) is 53.4 Å². The van der Waals surface area contributed by atoms with Gasteiger partial charge in [0.25, 0.3) is 5.69 Å². The number of nitro benzene ring substituents is 1. The molecule has 0 radical (unpaired) electrons. The normalized spacial score (nSPS) is 11.1. The number of carbonyl (C=O) groups is 1. The van der Waals surface area contributed by atoms with Gasteiger partial charge >= 0.3 is 5.97 Å². The van der Waals surface area contributed by atoms with Crippen LogP contribution in [0.3, 0.4) is 0 Å². The Morgan fingerprint density at radius 1 is 1.15 bits per heavy atom. The monoisotopic (exact) mass is 398 g/mol. The lowest BCUT2D eigenvalue weighted by Crippen LogP contribution is -2.27. The SMILES string of the molecule is O=C(CCNS(=O)(=O)c1ccccc1Cl)OCc1ccc([N+](=O)[O-])cc1. The molecule has 0 aliphatic heterocycles. The lowest BCUT2D eigenvalue weighted by molar-refractivity contribution is -0.384. The summed E-state index contributed by atoms with van der Waals surface area (Å²) >= 11 is 5.85. The van der Waals surface area contributed by atoms with E-state index < -0.39 is 20.9 Å². The highest BCUT2D eigenvalue weighted by atomic mass is 35.5. The van der Waals surface area contributed by atoms with Gasteiger partial charge in [-0.05, 0) is 29.8 Å². The molecule has 138 valence electrons. The summed E-state index contributed by atoms with van der Waals surface area (Å²) in [7, 11) is -3.82. The maximum absolute atomic E-state index is 12.1. The van der Waals surface area contributed by atoms with Crippen LogP contribution in [0.25, 0.3) is 0 Å². The molecule has 0 saturated carbocycles. The molecule has 0 aliphatic carbocycles. The predicted octanol–water partition coefficient (Wildman–Crippen LogP) is 2.66. The van der Waals surface area contributed by atoms with Gasteiger partial charge in [0.15, 0.2) is 0 Å². The molecule has 0 aromatic heterocycles. The number of non-ortho nitro benzene ring substituents is 1. The first-order valence-corrected chi connectivity index (χ1v) is 9.29. The van der Waals surface area contributed by atoms with Crippen LogP contribution in [-0.2, 0) is 26.2 Å². The van der Waals surface area contributed by atoms with Crippen molar-refractivity contribution in [3.8, 4) is 0 Å². The second kappa shape index (κ2) is 8.75. The Morgan fingerprint density at radius 3 is 2.42 bits per heavy atom. The zero-order valence-electron chi connectivity index (χ0n) is 13.4. The molecule has 0 saturated heterocycles. The van der Waals surface area contributed by atoms with Gasteiger partial charge in [-0.2, -0.15) is 0 Å². The van der Waals surface area contributed by atoms with Crippen molar-refractivity contribution in [1.29, 1.82) is 0 Å². The van der Waals surface area contributed by atoms with Gasteiger partial charge < -0.3 is 4.74 Å². The van der Waals surface area contributed by atoms with Gasteiger partial charge in [-0.3, -0.25) is 14.9 Å². The van der Waals surface area contributed by atoms with Gasteiger partial charge in [0.2, 0.25) is 10.0 Å². The highest BCUT2D eigenvalue weighted by molar-refractivity contribution is 7.89. The van der Waals surface area contributed by atoms with Crippen molar-refractivity contribution < 1.29 is 22.9 Å². The van der Waals surface area contributed by atoms with Crippen molar-refractivity contribution in [2.75, 3.05) is 6.54 Å². The number of nitrogens with one attached hydrogen (secondary N) is 1. The Morgan fingerprint density at radius 2 is 1.81 bits per heavy atom. The van der Waals surface area contributed by atoms with Gasteiger partial charge in [-0.15, -0.1) is 0 Å². The summed E-state index contributed by atoms with van der Waals surface area (Å²) in [5.74, 6) is -0.606. The van der Waals surface area contributed by atoms with Gasteiger partial charge in [-0.1, -0.05) is 23.7 Å². The molecule has 0 heterocycles. The zero-order chi connectivity index (χ0) is 19.2. The topological polar surface area (TPSA) is 116 Å². The molecule has 0 amide bonds. The third-order valence-corrected chi connectivity index (χ3v) is 5.26. The van der Waals surface area contributed by atoms with Crippen molar-refractivity contribution in [1.82, 2.24) is 4.72 Å². The quantitative estimate of drug-likeness (QED) is 0.415. The third kappa shape index (κ3) is 5.51. The fraction of sp³-hybridized carbons (Fsp3) is 0.188. The van der Waals surface area contributed by atoms with Crippen LogP contribution in [0, 0.1) is 10.1 Å². The first kappa shape index (κ1) is 19.8. The molecule has 8 nitrogen and oxygen atoms in total. The molecular weight excluding hydrogens is 384 g/mol. The van der Waals surface area contributed by atoms with E-state index >= 15 is 0 Å². The van der Waals surface area contributed by atoms with E-state index in [0.717, 1.165) is 0 Å². The number of nitrogens with zero attached hydrogens (tertiary/aromatic N) is 1. The number of hydrogen-bond acceptors (Lipinski definition) is 6. The first-order valence-electron chi connectivity index (χ1n) is 7.43. The maximum Gasteiger partial charge on any atom is 0.307 e. The summed E-state index contributed by atoms with van der Waals surface area (Å²) in [5, 5.41) is 10.6. The molecule has 0 unspecified atom stereocenters. The average Bonchev–Trinajstić information content (AvgIpc) is 2.60. The zero-order valence-corrected chi connectivity index (χ0v) is 15.0. The number of ether oxygens (including phenoxy) is 1. The number of carbonyl (C=O) groups excluding carboxylic acids is 1. The molecule has 26 heavy (non-hydrogen) atoms. The van der Waals surface area contributed by atoms with Crippen LogP contribution in [0.1, 0.15) is 12.0 Å². The number of hydrogen-bond donors (Lipinski definition) is 1. The highest BCUT2D eigenvalue weighted by Crippen LogP contribution is 2.20. The van der Waals surface area contributed by atoms with Crippen molar-refractivity contribution in [3.05, 3.63) is 69.2 Å². The number of benzene rings is 2. The minimum absolute atomic E-state index is 0.0611. The minimum Gasteiger partial charge on any atom is -0.461 e. The van der Waals surface area contributed by atoms with E-state index in [-0.39, 0.29) is 35.2 Å². The minimum atomic E-state index is -3.82. The standard InChI is InChI=1S/C16H15ClN2O6S/c17-14-3-1-2-4-15(14)26(23,24)18-10-9-16(20)25-11-12-5-7-13(8-6-12)19(21)22/h1-8,18H,9-11H2. The molecule has 0 aliphatic rings. The summed E-state index contributed by atoms with van der Waals surface area (Å²) in [6.07, 6.45) is -0.170. The Hall–Kier alpha value is -2.49. The molecule has 1 N–H and O–H groups in total. The van der Waals surface area contributed by atoms with Gasteiger partial charge in [0.05, 0.1) is 16.4 Å². The third-order valence-electron chi connectivity index (χ3n) is 3.29. The average molecular weight is 399 g/mol. The van der Waals surface area contributed by atoms with Crippen LogP contribution >= 0.6 is 11.6 Å². The van der Waals surface area contributed by atoms with E-state index in [1.54, 1.807) is 12.1 Å². The first-order chi connectivity index (χ1) is 12.3. The van der Waals surface area contributed by atoms with Gasteiger partial charge in [-0.25, -0.2) is 13.1 Å². The molecule has 2 rings (SSSR count). The van der Waals surface area contributed by atoms with Crippen molar-refractivity contribution in [2.45, 2.75) is 17.9 Å². The number of rotatable bonds is 8. The van der Waals surface area contributed by atoms with Crippen LogP contribution in [0.5, 0.6) is 0 Å². The molecule has 10 heteroatoms. The summed E-state index contributed by atoms with van der Waals surface area (Å²) < 4.78 is 31.5. The molecule has 0 atom stereocenters. The van der Waals surface area contributed by atoms with Crippen molar-refractivity contribution in [2.24, 2.45) is 0 Å². The van der Waals surface area contributed by atoms with Gasteiger partial charge in [0, 0.05) is 18.7 Å². The van der Waals surface area contributed by atoms with Crippen LogP contribution in [-0.4, -0.2) is 25.9 Å². The van der Waals surface area contributed by atoms with Crippen LogP contribution in [0.2, 0.25) is 5.02 Å². The Labute approximate surface area is 154 Å². The lowest BCUT2D eigenvalue weighted by Gasteiger charge is -2.08. The largest absolute Gasteiger partial charge is 0.461 e. The molecule has 2 aromatic carbocycles. The molecule has 0 fully saturated rings. The van der Waals surface area contributed by atoms with E-state index in [0.29, 0.717) is 5.56 Å². The number of esters is 1. The van der Waals surface area contributed by atoms with E-state index in [1.165, 1.54) is 36.4 Å². The van der Waals surface area contributed by atoms with Crippen molar-refractivity contribution >= 4 is 33.3 Å². The van der Waals surface area contributed by atoms with Crippen LogP contribution in [0.4, 0.5) is 5.69 Å². The Bertz CT molecular complexity index is 899. The predicted molar refractivity (Wildman–Crippen MR) is 94.1 cm³/mol. The fourth-order valence-electron chi connectivity index (χ4n) is 1.98. The summed E-state index contributed by atoms with van der Waals surface area (Å²) in [5.41, 5.74) is 0.523. The lowest BCUT2D eigenvalue weighted by atomic mass is 10.2. The van der Waals surface area contributed by atoms with Gasteiger partial charge in [0.1, 0.15) is 11.5 Å². The van der Waals surface area contributed by atoms with E-state index in [2.05, 4.69) is 4.72 Å². The summed E-state index contributed by atoms with van der Waals surface area (Å²) in [6, 6.07) is 11.5. The van der Waals surface area contributed by atoms with Crippen LogP contribution < -0.4 is 4.72 Å². The Kier molecular flexibility index (Phi) is 6.67. The molecular formula is C16H15ClN2O6S. The fourth-order valence-corrected chi connectivity index (χ4v) is 3.53. The van der Waals surface area contributed by atoms with E-state index in [4.69, 9.17) is 16.3 Å². The number of halogens is 1. The smallest absolute Gasteiger partial charge is 0.307 e. The van der Waals surface area contributed by atoms with Crippen molar-refractivity contribution in [3.63, 3.8) is 0 Å². The summed E-state index contributed by atoms with van der Waals surface area (Å²) in [4.78, 5) is 21.7. The second-order valence-electron chi connectivity index (χ2n) is 5.16. The molecule has 0 spiro atoms. The number of sulfonamides is 1. The van der Waals surface area contributed by atoms with E-state index in [9.17, 15) is 23.3 Å². The number of nitro groups is 1. The second-order valence-corrected chi connectivity index (χ2v) is 7.31. The summed E-state index contributed by atoms with van der Waals surface area (Å²) in [6.45, 7) is -0.208.